The molecule has 1 unspecified atom stereocenters. The van der Waals surface area contributed by atoms with E-state index in [0.717, 1.165) is 17.1 Å². The van der Waals surface area contributed by atoms with E-state index in [-0.39, 0.29) is 0 Å². The molecule has 0 aromatic heterocycles. The van der Waals surface area contributed by atoms with Crippen LogP contribution in [0.3, 0.4) is 0 Å². The van der Waals surface area contributed by atoms with Gasteiger partial charge in [-0.3, -0.25) is 0 Å². The zero-order valence-electron chi connectivity index (χ0n) is 8.19. The Morgan fingerprint density at radius 3 is 2.71 bits per heavy atom. The highest BCUT2D eigenvalue weighted by Gasteiger charge is 2.14. The Kier molecular flexibility index (Phi) is 2.59. The second kappa shape index (κ2) is 3.88. The smallest absolute Gasteiger partial charge is 0.161 e. The molecule has 76 valence electrons. The minimum atomic E-state index is -0.411. The highest BCUT2D eigenvalue weighted by Crippen LogP contribution is 2.33. The third kappa shape index (κ3) is 1.68. The van der Waals surface area contributed by atoms with Crippen LogP contribution in [0.4, 0.5) is 0 Å². The lowest BCUT2D eigenvalue weighted by Gasteiger charge is -2.19. The summed E-state index contributed by atoms with van der Waals surface area (Å²) in [7, 11) is 0. The normalized spacial score (nSPS) is 16.4. The molecule has 1 heterocycles. The number of rotatable bonds is 2. The first kappa shape index (κ1) is 9.34. The molecule has 0 saturated heterocycles. The van der Waals surface area contributed by atoms with Crippen molar-refractivity contribution in [3.8, 4) is 11.5 Å². The van der Waals surface area contributed by atoms with Crippen LogP contribution >= 0.6 is 0 Å². The van der Waals surface area contributed by atoms with E-state index in [1.807, 2.05) is 25.1 Å². The van der Waals surface area contributed by atoms with Crippen molar-refractivity contribution in [3.05, 3.63) is 23.8 Å². The SMILES string of the molecule is CCC(O)c1ccc2c(c1)OCCO2. The van der Waals surface area contributed by atoms with Crippen LogP contribution in [0.25, 0.3) is 0 Å². The topological polar surface area (TPSA) is 38.7 Å². The van der Waals surface area contributed by atoms with Crippen LogP contribution < -0.4 is 9.47 Å². The Hall–Kier alpha value is -1.22. The van der Waals surface area contributed by atoms with E-state index in [1.165, 1.54) is 0 Å². The van der Waals surface area contributed by atoms with E-state index in [0.29, 0.717) is 19.6 Å². The van der Waals surface area contributed by atoms with E-state index in [4.69, 9.17) is 9.47 Å². The molecule has 0 amide bonds. The van der Waals surface area contributed by atoms with Gasteiger partial charge in [0.05, 0.1) is 6.10 Å². The number of hydrogen-bond acceptors (Lipinski definition) is 3. The zero-order valence-corrected chi connectivity index (χ0v) is 8.19. The fourth-order valence-electron chi connectivity index (χ4n) is 1.50. The Morgan fingerprint density at radius 1 is 1.29 bits per heavy atom. The second-order valence-corrected chi connectivity index (χ2v) is 3.33. The highest BCUT2D eigenvalue weighted by molar-refractivity contribution is 5.44. The summed E-state index contributed by atoms with van der Waals surface area (Å²) in [6, 6.07) is 5.58. The molecular weight excluding hydrogens is 180 g/mol. The van der Waals surface area contributed by atoms with Gasteiger partial charge < -0.3 is 14.6 Å². The number of aliphatic hydroxyl groups is 1. The largest absolute Gasteiger partial charge is 0.486 e. The summed E-state index contributed by atoms with van der Waals surface area (Å²) in [4.78, 5) is 0. The Labute approximate surface area is 83.3 Å². The second-order valence-electron chi connectivity index (χ2n) is 3.33. The molecule has 1 atom stereocenters. The predicted molar refractivity (Wildman–Crippen MR) is 52.7 cm³/mol. The molecule has 1 aromatic carbocycles. The molecule has 1 aliphatic rings. The molecular formula is C11H14O3. The lowest BCUT2D eigenvalue weighted by molar-refractivity contribution is 0.162. The molecule has 1 N–H and O–H groups in total. The lowest BCUT2D eigenvalue weighted by atomic mass is 10.1. The van der Waals surface area contributed by atoms with Crippen molar-refractivity contribution in [1.29, 1.82) is 0 Å². The van der Waals surface area contributed by atoms with Crippen LogP contribution in [0.2, 0.25) is 0 Å². The molecule has 3 nitrogen and oxygen atoms in total. The first-order chi connectivity index (χ1) is 6.81. The van der Waals surface area contributed by atoms with Gasteiger partial charge in [-0.25, -0.2) is 0 Å². The van der Waals surface area contributed by atoms with Crippen LogP contribution in [0.5, 0.6) is 11.5 Å². The average molecular weight is 194 g/mol. The van der Waals surface area contributed by atoms with Crippen LogP contribution in [-0.4, -0.2) is 18.3 Å². The molecule has 1 aliphatic heterocycles. The summed E-state index contributed by atoms with van der Waals surface area (Å²) >= 11 is 0. The summed E-state index contributed by atoms with van der Waals surface area (Å²) in [5.41, 5.74) is 0.886. The number of fused-ring (bicyclic) bond motifs is 1. The Bertz CT molecular complexity index is 322. The fraction of sp³-hybridized carbons (Fsp3) is 0.455. The van der Waals surface area contributed by atoms with Gasteiger partial charge in [-0.15, -0.1) is 0 Å². The molecule has 0 aliphatic carbocycles. The summed E-state index contributed by atoms with van der Waals surface area (Å²) in [5, 5.41) is 9.63. The molecule has 0 fully saturated rings. The summed E-state index contributed by atoms with van der Waals surface area (Å²) in [5.74, 6) is 1.50. The van der Waals surface area contributed by atoms with Crippen molar-refractivity contribution >= 4 is 0 Å². The van der Waals surface area contributed by atoms with Gasteiger partial charge in [0, 0.05) is 0 Å². The van der Waals surface area contributed by atoms with Gasteiger partial charge in [0.15, 0.2) is 11.5 Å². The van der Waals surface area contributed by atoms with Crippen molar-refractivity contribution < 1.29 is 14.6 Å². The maximum Gasteiger partial charge on any atom is 0.161 e. The lowest BCUT2D eigenvalue weighted by Crippen LogP contribution is -2.15. The zero-order chi connectivity index (χ0) is 9.97. The molecule has 14 heavy (non-hydrogen) atoms. The molecule has 0 bridgehead atoms. The van der Waals surface area contributed by atoms with Gasteiger partial charge in [0.1, 0.15) is 13.2 Å². The third-order valence-corrected chi connectivity index (χ3v) is 2.34. The van der Waals surface area contributed by atoms with Crippen molar-refractivity contribution in [2.75, 3.05) is 13.2 Å². The number of aliphatic hydroxyl groups excluding tert-OH is 1. The summed E-state index contributed by atoms with van der Waals surface area (Å²) < 4.78 is 10.8. The molecule has 2 rings (SSSR count). The van der Waals surface area contributed by atoms with E-state index in [9.17, 15) is 5.11 Å². The van der Waals surface area contributed by atoms with Gasteiger partial charge >= 0.3 is 0 Å². The molecule has 0 spiro atoms. The number of ether oxygens (including phenoxy) is 2. The molecule has 3 heteroatoms. The van der Waals surface area contributed by atoms with Crippen molar-refractivity contribution in [2.45, 2.75) is 19.4 Å². The maximum absolute atomic E-state index is 9.63. The minimum Gasteiger partial charge on any atom is -0.486 e. The summed E-state index contributed by atoms with van der Waals surface area (Å²) in [6.07, 6.45) is 0.297. The van der Waals surface area contributed by atoms with Crippen LogP contribution in [-0.2, 0) is 0 Å². The van der Waals surface area contributed by atoms with Gasteiger partial charge in [0.2, 0.25) is 0 Å². The van der Waals surface area contributed by atoms with Gasteiger partial charge in [0.25, 0.3) is 0 Å². The monoisotopic (exact) mass is 194 g/mol. The van der Waals surface area contributed by atoms with E-state index < -0.39 is 6.10 Å². The maximum atomic E-state index is 9.63. The van der Waals surface area contributed by atoms with Crippen LogP contribution in [0.15, 0.2) is 18.2 Å². The van der Waals surface area contributed by atoms with E-state index in [2.05, 4.69) is 0 Å². The third-order valence-electron chi connectivity index (χ3n) is 2.34. The Morgan fingerprint density at radius 2 is 2.00 bits per heavy atom. The number of hydrogen-bond donors (Lipinski definition) is 1. The van der Waals surface area contributed by atoms with Crippen LogP contribution in [0, 0.1) is 0 Å². The number of benzene rings is 1. The predicted octanol–water partition coefficient (Wildman–Crippen LogP) is 1.90. The molecule has 0 radical (unpaired) electrons. The van der Waals surface area contributed by atoms with Crippen molar-refractivity contribution in [3.63, 3.8) is 0 Å². The van der Waals surface area contributed by atoms with E-state index >= 15 is 0 Å². The molecule has 1 aromatic rings. The summed E-state index contributed by atoms with van der Waals surface area (Å²) in [6.45, 7) is 3.13. The first-order valence-corrected chi connectivity index (χ1v) is 4.89. The highest BCUT2D eigenvalue weighted by atomic mass is 16.6. The van der Waals surface area contributed by atoms with Crippen molar-refractivity contribution in [2.24, 2.45) is 0 Å². The van der Waals surface area contributed by atoms with Gasteiger partial charge in [-0.1, -0.05) is 13.0 Å². The van der Waals surface area contributed by atoms with Crippen LogP contribution in [0.1, 0.15) is 25.0 Å². The Balaban J connectivity index is 2.29. The standard InChI is InChI=1S/C11H14O3/c1-2-9(12)8-3-4-10-11(7-8)14-6-5-13-10/h3-4,7,9,12H,2,5-6H2,1H3. The quantitative estimate of drug-likeness (QED) is 0.781. The average Bonchev–Trinajstić information content (AvgIpc) is 2.27. The molecule has 0 saturated carbocycles. The first-order valence-electron chi connectivity index (χ1n) is 4.89. The van der Waals surface area contributed by atoms with Gasteiger partial charge in [-0.2, -0.15) is 0 Å². The fourth-order valence-corrected chi connectivity index (χ4v) is 1.50. The van der Waals surface area contributed by atoms with E-state index in [1.54, 1.807) is 0 Å². The van der Waals surface area contributed by atoms with Gasteiger partial charge in [-0.05, 0) is 24.1 Å². The van der Waals surface area contributed by atoms with Crippen molar-refractivity contribution in [1.82, 2.24) is 0 Å². The minimum absolute atomic E-state index is 0.411.